The predicted molar refractivity (Wildman–Crippen MR) is 95.6 cm³/mol. The number of H-pyrrole nitrogens is 1. The maximum Gasteiger partial charge on any atom is 0.132 e. The molecule has 2 aromatic heterocycles. The number of rotatable bonds is 4. The number of aromatic nitrogens is 3. The first-order valence-corrected chi connectivity index (χ1v) is 7.65. The van der Waals surface area contributed by atoms with E-state index in [1.165, 1.54) is 0 Å². The van der Waals surface area contributed by atoms with Crippen molar-refractivity contribution < 1.29 is 4.74 Å². The SMILES string of the molecule is COc1ccccc1-c1nc(Nc2ccn[nH]2)cc2ccccc12. The molecule has 0 unspecified atom stereocenters. The van der Waals surface area contributed by atoms with Crippen LogP contribution in [0, 0.1) is 0 Å². The van der Waals surface area contributed by atoms with Crippen LogP contribution in [0.5, 0.6) is 5.75 Å². The molecule has 5 heteroatoms. The Morgan fingerprint density at radius 3 is 2.67 bits per heavy atom. The average molecular weight is 316 g/mol. The molecule has 5 nitrogen and oxygen atoms in total. The number of nitrogens with one attached hydrogen (secondary N) is 2. The van der Waals surface area contributed by atoms with E-state index >= 15 is 0 Å². The Labute approximate surface area is 139 Å². The van der Waals surface area contributed by atoms with Crippen molar-refractivity contribution in [3.8, 4) is 17.0 Å². The number of aromatic amines is 1. The van der Waals surface area contributed by atoms with Gasteiger partial charge >= 0.3 is 0 Å². The molecule has 0 spiro atoms. The highest BCUT2D eigenvalue weighted by atomic mass is 16.5. The number of anilines is 2. The minimum absolute atomic E-state index is 0.749. The van der Waals surface area contributed by atoms with E-state index in [0.717, 1.165) is 39.4 Å². The number of methoxy groups -OCH3 is 1. The Bertz CT molecular complexity index is 980. The number of ether oxygens (including phenoxy) is 1. The molecule has 4 aromatic rings. The topological polar surface area (TPSA) is 62.8 Å². The minimum Gasteiger partial charge on any atom is -0.496 e. The fraction of sp³-hybridized carbons (Fsp3) is 0.0526. The molecule has 0 amide bonds. The second-order valence-electron chi connectivity index (χ2n) is 5.37. The molecule has 0 bridgehead atoms. The van der Waals surface area contributed by atoms with Gasteiger partial charge in [0.25, 0.3) is 0 Å². The third kappa shape index (κ3) is 2.56. The fourth-order valence-corrected chi connectivity index (χ4v) is 2.77. The van der Waals surface area contributed by atoms with E-state index in [0.29, 0.717) is 0 Å². The molecule has 2 heterocycles. The zero-order chi connectivity index (χ0) is 16.4. The van der Waals surface area contributed by atoms with E-state index in [4.69, 9.17) is 9.72 Å². The van der Waals surface area contributed by atoms with E-state index in [1.807, 2.05) is 48.5 Å². The molecule has 0 radical (unpaired) electrons. The van der Waals surface area contributed by atoms with Crippen molar-refractivity contribution in [1.82, 2.24) is 15.2 Å². The normalized spacial score (nSPS) is 10.7. The van der Waals surface area contributed by atoms with Gasteiger partial charge in [-0.1, -0.05) is 36.4 Å². The van der Waals surface area contributed by atoms with Crippen LogP contribution >= 0.6 is 0 Å². The summed E-state index contributed by atoms with van der Waals surface area (Å²) >= 11 is 0. The minimum atomic E-state index is 0.749. The zero-order valence-corrected chi connectivity index (χ0v) is 13.2. The molecular weight excluding hydrogens is 300 g/mol. The smallest absolute Gasteiger partial charge is 0.132 e. The molecule has 2 N–H and O–H groups in total. The summed E-state index contributed by atoms with van der Waals surface area (Å²) in [5, 5.41) is 12.3. The van der Waals surface area contributed by atoms with Crippen LogP contribution in [0.15, 0.2) is 66.9 Å². The Morgan fingerprint density at radius 1 is 1.00 bits per heavy atom. The van der Waals surface area contributed by atoms with Gasteiger partial charge in [-0.15, -0.1) is 0 Å². The number of para-hydroxylation sites is 1. The van der Waals surface area contributed by atoms with Crippen molar-refractivity contribution in [2.75, 3.05) is 12.4 Å². The first-order chi connectivity index (χ1) is 11.8. The maximum absolute atomic E-state index is 5.52. The quantitative estimate of drug-likeness (QED) is 0.586. The summed E-state index contributed by atoms with van der Waals surface area (Å²) in [6.07, 6.45) is 1.70. The lowest BCUT2D eigenvalue weighted by Crippen LogP contribution is -1.97. The Kier molecular flexibility index (Phi) is 3.59. The molecule has 4 rings (SSSR count). The summed E-state index contributed by atoms with van der Waals surface area (Å²) in [6, 6.07) is 20.0. The van der Waals surface area contributed by atoms with E-state index in [9.17, 15) is 0 Å². The highest BCUT2D eigenvalue weighted by molar-refractivity contribution is 5.97. The predicted octanol–water partition coefficient (Wildman–Crippen LogP) is 4.38. The summed E-state index contributed by atoms with van der Waals surface area (Å²) in [4.78, 5) is 4.82. The van der Waals surface area contributed by atoms with Crippen LogP contribution in [0.1, 0.15) is 0 Å². The molecule has 24 heavy (non-hydrogen) atoms. The van der Waals surface area contributed by atoms with Gasteiger partial charge in [0, 0.05) is 17.0 Å². The number of hydrogen-bond donors (Lipinski definition) is 2. The van der Waals surface area contributed by atoms with Crippen molar-refractivity contribution in [2.45, 2.75) is 0 Å². The Morgan fingerprint density at radius 2 is 1.83 bits per heavy atom. The highest BCUT2D eigenvalue weighted by Crippen LogP contribution is 2.35. The van der Waals surface area contributed by atoms with Crippen LogP contribution in [0.3, 0.4) is 0 Å². The summed E-state index contributed by atoms with van der Waals surface area (Å²) in [5.74, 6) is 2.34. The van der Waals surface area contributed by atoms with Crippen molar-refractivity contribution in [1.29, 1.82) is 0 Å². The standard InChI is InChI=1S/C19H16N4O/c1-24-16-9-5-4-8-15(16)19-14-7-3-2-6-13(14)12-18(22-19)21-17-10-11-20-23-17/h2-12H,1H3,(H2,20,21,22,23). The van der Waals surface area contributed by atoms with Crippen LogP contribution in [0.4, 0.5) is 11.6 Å². The fourth-order valence-electron chi connectivity index (χ4n) is 2.77. The van der Waals surface area contributed by atoms with Crippen LogP contribution in [0.25, 0.3) is 22.0 Å². The van der Waals surface area contributed by atoms with Gasteiger partial charge < -0.3 is 10.1 Å². The Hall–Kier alpha value is -3.34. The maximum atomic E-state index is 5.52. The van der Waals surface area contributed by atoms with Crippen molar-refractivity contribution in [3.05, 3.63) is 66.9 Å². The number of pyridine rings is 1. The molecule has 2 aromatic carbocycles. The van der Waals surface area contributed by atoms with Gasteiger partial charge in [-0.2, -0.15) is 5.10 Å². The van der Waals surface area contributed by atoms with E-state index in [1.54, 1.807) is 13.3 Å². The lowest BCUT2D eigenvalue weighted by Gasteiger charge is -2.13. The summed E-state index contributed by atoms with van der Waals surface area (Å²) in [7, 11) is 1.67. The van der Waals surface area contributed by atoms with Gasteiger partial charge in [-0.3, -0.25) is 5.10 Å². The molecule has 0 saturated heterocycles. The number of benzene rings is 2. The lowest BCUT2D eigenvalue weighted by molar-refractivity contribution is 0.416. The summed E-state index contributed by atoms with van der Waals surface area (Å²) in [6.45, 7) is 0. The molecule has 0 saturated carbocycles. The molecule has 0 atom stereocenters. The largest absolute Gasteiger partial charge is 0.496 e. The van der Waals surface area contributed by atoms with Crippen LogP contribution in [0.2, 0.25) is 0 Å². The second kappa shape index (κ2) is 6.04. The van der Waals surface area contributed by atoms with Crippen LogP contribution < -0.4 is 10.1 Å². The molecule has 0 aliphatic carbocycles. The summed E-state index contributed by atoms with van der Waals surface area (Å²) < 4.78 is 5.52. The van der Waals surface area contributed by atoms with Gasteiger partial charge in [0.15, 0.2) is 0 Å². The first-order valence-electron chi connectivity index (χ1n) is 7.65. The second-order valence-corrected chi connectivity index (χ2v) is 5.37. The third-order valence-corrected chi connectivity index (χ3v) is 3.87. The van der Waals surface area contributed by atoms with E-state index in [-0.39, 0.29) is 0 Å². The van der Waals surface area contributed by atoms with Crippen molar-refractivity contribution in [3.63, 3.8) is 0 Å². The van der Waals surface area contributed by atoms with Crippen molar-refractivity contribution in [2.24, 2.45) is 0 Å². The third-order valence-electron chi connectivity index (χ3n) is 3.87. The van der Waals surface area contributed by atoms with E-state index in [2.05, 4.69) is 27.6 Å². The molecule has 0 aliphatic heterocycles. The average Bonchev–Trinajstić information content (AvgIpc) is 3.14. The van der Waals surface area contributed by atoms with Crippen LogP contribution in [-0.4, -0.2) is 22.3 Å². The first kappa shape index (κ1) is 14.3. The monoisotopic (exact) mass is 316 g/mol. The summed E-state index contributed by atoms with van der Waals surface area (Å²) in [5.41, 5.74) is 1.84. The van der Waals surface area contributed by atoms with Gasteiger partial charge in [0.2, 0.25) is 0 Å². The molecule has 118 valence electrons. The highest BCUT2D eigenvalue weighted by Gasteiger charge is 2.12. The van der Waals surface area contributed by atoms with E-state index < -0.39 is 0 Å². The number of nitrogens with zero attached hydrogens (tertiary/aromatic N) is 2. The van der Waals surface area contributed by atoms with Gasteiger partial charge in [-0.05, 0) is 23.6 Å². The van der Waals surface area contributed by atoms with Gasteiger partial charge in [-0.25, -0.2) is 4.98 Å². The Balaban J connectivity index is 1.92. The van der Waals surface area contributed by atoms with Gasteiger partial charge in [0.05, 0.1) is 19.0 Å². The van der Waals surface area contributed by atoms with Gasteiger partial charge in [0.1, 0.15) is 17.4 Å². The number of fused-ring (bicyclic) bond motifs is 1. The molecule has 0 fully saturated rings. The molecule has 0 aliphatic rings. The molecular formula is C19H16N4O. The number of hydrogen-bond acceptors (Lipinski definition) is 4. The van der Waals surface area contributed by atoms with Crippen LogP contribution in [-0.2, 0) is 0 Å². The van der Waals surface area contributed by atoms with Crippen molar-refractivity contribution >= 4 is 22.4 Å². The lowest BCUT2D eigenvalue weighted by atomic mass is 10.0. The zero-order valence-electron chi connectivity index (χ0n) is 13.2.